The van der Waals surface area contributed by atoms with E-state index >= 15 is 0 Å². The second-order valence-electron chi connectivity index (χ2n) is 4.91. The molecule has 0 aliphatic heterocycles. The van der Waals surface area contributed by atoms with Gasteiger partial charge in [-0.15, -0.1) is 0 Å². The van der Waals surface area contributed by atoms with E-state index in [1.165, 1.54) is 0 Å². The van der Waals surface area contributed by atoms with E-state index in [1.54, 1.807) is 7.05 Å². The molecule has 2 heteroatoms. The maximum Gasteiger partial charge on any atom is 0.226 e. The molecular formula is C10H17NO. The molecule has 2 bridgehead atoms. The Morgan fingerprint density at radius 2 is 1.83 bits per heavy atom. The van der Waals surface area contributed by atoms with Gasteiger partial charge in [0.15, 0.2) is 0 Å². The van der Waals surface area contributed by atoms with Gasteiger partial charge in [-0.3, -0.25) is 4.79 Å². The summed E-state index contributed by atoms with van der Waals surface area (Å²) in [7, 11) is 1.74. The van der Waals surface area contributed by atoms with Crippen LogP contribution in [-0.2, 0) is 4.79 Å². The maximum atomic E-state index is 11.4. The third-order valence-corrected chi connectivity index (χ3v) is 4.00. The van der Waals surface area contributed by atoms with Crippen molar-refractivity contribution in [3.05, 3.63) is 0 Å². The van der Waals surface area contributed by atoms with E-state index in [4.69, 9.17) is 0 Å². The second-order valence-corrected chi connectivity index (χ2v) is 4.91. The minimum absolute atomic E-state index is 0.0685. The van der Waals surface area contributed by atoms with Gasteiger partial charge in [-0.25, -0.2) is 0 Å². The lowest BCUT2D eigenvalue weighted by atomic mass is 9.32. The third-order valence-electron chi connectivity index (χ3n) is 4.00. The van der Waals surface area contributed by atoms with Gasteiger partial charge in [0.1, 0.15) is 0 Å². The monoisotopic (exact) mass is 167 g/mol. The molecule has 0 aromatic heterocycles. The Morgan fingerprint density at radius 3 is 2.17 bits per heavy atom. The summed E-state index contributed by atoms with van der Waals surface area (Å²) in [6.45, 7) is 4.54. The van der Waals surface area contributed by atoms with E-state index in [9.17, 15) is 4.79 Å². The van der Waals surface area contributed by atoms with Crippen LogP contribution in [0.2, 0.25) is 0 Å². The summed E-state index contributed by atoms with van der Waals surface area (Å²) >= 11 is 0. The molecule has 68 valence electrons. The summed E-state index contributed by atoms with van der Waals surface area (Å²) < 4.78 is 0. The molecule has 3 fully saturated rings. The summed E-state index contributed by atoms with van der Waals surface area (Å²) in [5, 5.41) is 2.76. The predicted octanol–water partition coefficient (Wildman–Crippen LogP) is 1.56. The van der Waals surface area contributed by atoms with Crippen molar-refractivity contribution in [2.24, 2.45) is 16.7 Å². The van der Waals surface area contributed by atoms with Crippen LogP contribution < -0.4 is 5.32 Å². The molecule has 3 aliphatic carbocycles. The third kappa shape index (κ3) is 0.686. The largest absolute Gasteiger partial charge is 0.359 e. The molecule has 0 aromatic carbocycles. The van der Waals surface area contributed by atoms with Crippen LogP contribution >= 0.6 is 0 Å². The van der Waals surface area contributed by atoms with Crippen molar-refractivity contribution in [1.29, 1.82) is 0 Å². The lowest BCUT2D eigenvalue weighted by Crippen LogP contribution is -2.69. The molecule has 12 heavy (non-hydrogen) atoms. The molecule has 0 atom stereocenters. The van der Waals surface area contributed by atoms with Crippen LogP contribution in [0.4, 0.5) is 0 Å². The fourth-order valence-electron chi connectivity index (χ4n) is 2.98. The van der Waals surface area contributed by atoms with Gasteiger partial charge in [0.05, 0.1) is 5.41 Å². The Hall–Kier alpha value is -0.530. The van der Waals surface area contributed by atoms with Crippen molar-refractivity contribution in [2.45, 2.75) is 33.1 Å². The van der Waals surface area contributed by atoms with Gasteiger partial charge in [0.2, 0.25) is 5.91 Å². The zero-order chi connectivity index (χ0) is 8.98. The van der Waals surface area contributed by atoms with Crippen LogP contribution in [0.15, 0.2) is 0 Å². The average molecular weight is 167 g/mol. The normalized spacial score (nSPS) is 43.3. The topological polar surface area (TPSA) is 29.1 Å². The number of amides is 1. The quantitative estimate of drug-likeness (QED) is 0.664. The molecule has 3 aliphatic rings. The standard InChI is InChI=1S/C10H17NO/c1-7(2)9-4-10(5-9,6-9)8(12)11-3/h7H,4-6H2,1-3H3,(H,11,12). The van der Waals surface area contributed by atoms with E-state index in [0.29, 0.717) is 5.41 Å². The molecule has 0 heterocycles. The smallest absolute Gasteiger partial charge is 0.226 e. The number of rotatable bonds is 2. The van der Waals surface area contributed by atoms with E-state index in [2.05, 4.69) is 19.2 Å². The van der Waals surface area contributed by atoms with Gasteiger partial charge >= 0.3 is 0 Å². The van der Waals surface area contributed by atoms with Crippen LogP contribution in [0.1, 0.15) is 33.1 Å². The van der Waals surface area contributed by atoms with Crippen molar-refractivity contribution < 1.29 is 4.79 Å². The summed E-state index contributed by atoms with van der Waals surface area (Å²) in [4.78, 5) is 11.4. The van der Waals surface area contributed by atoms with Gasteiger partial charge < -0.3 is 5.32 Å². The fourth-order valence-corrected chi connectivity index (χ4v) is 2.98. The molecule has 0 unspecified atom stereocenters. The maximum absolute atomic E-state index is 11.4. The van der Waals surface area contributed by atoms with Crippen LogP contribution in [0.5, 0.6) is 0 Å². The van der Waals surface area contributed by atoms with E-state index in [0.717, 1.165) is 25.2 Å². The molecule has 0 radical (unpaired) electrons. The molecular weight excluding hydrogens is 150 g/mol. The Bertz CT molecular complexity index is 212. The first-order valence-electron chi connectivity index (χ1n) is 4.77. The molecule has 3 saturated carbocycles. The molecule has 0 spiro atoms. The molecule has 0 aromatic rings. The predicted molar refractivity (Wildman–Crippen MR) is 47.6 cm³/mol. The first kappa shape index (κ1) is 8.09. The summed E-state index contributed by atoms with van der Waals surface area (Å²) in [6.07, 6.45) is 3.41. The van der Waals surface area contributed by atoms with Gasteiger partial charge in [0.25, 0.3) is 0 Å². The minimum Gasteiger partial charge on any atom is -0.359 e. The number of hydrogen-bond donors (Lipinski definition) is 1. The molecule has 3 rings (SSSR count). The summed E-state index contributed by atoms with van der Waals surface area (Å²) in [6, 6.07) is 0. The Morgan fingerprint density at radius 1 is 1.33 bits per heavy atom. The zero-order valence-electron chi connectivity index (χ0n) is 8.11. The fraction of sp³-hybridized carbons (Fsp3) is 0.900. The van der Waals surface area contributed by atoms with Gasteiger partial charge in [0, 0.05) is 7.05 Å². The van der Waals surface area contributed by atoms with Crippen molar-refractivity contribution in [3.63, 3.8) is 0 Å². The zero-order valence-corrected chi connectivity index (χ0v) is 8.11. The van der Waals surface area contributed by atoms with Crippen LogP contribution in [-0.4, -0.2) is 13.0 Å². The molecule has 1 N–H and O–H groups in total. The summed E-state index contributed by atoms with van der Waals surface area (Å²) in [5.74, 6) is 1.02. The summed E-state index contributed by atoms with van der Waals surface area (Å²) in [5.41, 5.74) is 0.617. The molecule has 2 nitrogen and oxygen atoms in total. The Balaban J connectivity index is 2.00. The van der Waals surface area contributed by atoms with Crippen LogP contribution in [0.25, 0.3) is 0 Å². The molecule has 0 saturated heterocycles. The second kappa shape index (κ2) is 2.04. The van der Waals surface area contributed by atoms with Gasteiger partial charge in [-0.1, -0.05) is 13.8 Å². The highest BCUT2D eigenvalue weighted by Crippen LogP contribution is 2.76. The van der Waals surface area contributed by atoms with E-state index in [-0.39, 0.29) is 11.3 Å². The van der Waals surface area contributed by atoms with Gasteiger partial charge in [-0.05, 0) is 30.6 Å². The number of carbonyl (C=O) groups is 1. The first-order valence-corrected chi connectivity index (χ1v) is 4.77. The van der Waals surface area contributed by atoms with Gasteiger partial charge in [-0.2, -0.15) is 0 Å². The van der Waals surface area contributed by atoms with Crippen LogP contribution in [0.3, 0.4) is 0 Å². The average Bonchev–Trinajstić information content (AvgIpc) is 1.80. The Kier molecular flexibility index (Phi) is 1.37. The highest BCUT2D eigenvalue weighted by atomic mass is 16.2. The van der Waals surface area contributed by atoms with Crippen molar-refractivity contribution in [3.8, 4) is 0 Å². The number of carbonyl (C=O) groups excluding carboxylic acids is 1. The SMILES string of the molecule is CNC(=O)C12CC(C(C)C)(C1)C2. The van der Waals surface area contributed by atoms with Crippen molar-refractivity contribution in [1.82, 2.24) is 5.32 Å². The van der Waals surface area contributed by atoms with Crippen LogP contribution in [0, 0.1) is 16.7 Å². The highest BCUT2D eigenvalue weighted by Gasteiger charge is 2.71. The van der Waals surface area contributed by atoms with E-state index < -0.39 is 0 Å². The Labute approximate surface area is 73.7 Å². The lowest BCUT2D eigenvalue weighted by molar-refractivity contribution is -0.224. The number of hydrogen-bond acceptors (Lipinski definition) is 1. The number of nitrogens with one attached hydrogen (secondary N) is 1. The molecule has 1 amide bonds. The van der Waals surface area contributed by atoms with Crippen molar-refractivity contribution in [2.75, 3.05) is 7.05 Å². The first-order chi connectivity index (χ1) is 5.55. The lowest BCUT2D eigenvalue weighted by Gasteiger charge is -2.71. The van der Waals surface area contributed by atoms with E-state index in [1.807, 2.05) is 0 Å². The van der Waals surface area contributed by atoms with Crippen molar-refractivity contribution >= 4 is 5.91 Å². The highest BCUT2D eigenvalue weighted by molar-refractivity contribution is 5.86. The minimum atomic E-state index is 0.0685.